The number of unbranched alkanes of at least 4 members (excludes halogenated alkanes) is 2. The van der Waals surface area contributed by atoms with Crippen molar-refractivity contribution in [3.63, 3.8) is 0 Å². The molecule has 0 radical (unpaired) electrons. The summed E-state index contributed by atoms with van der Waals surface area (Å²) in [4.78, 5) is 63.0. The maximum atomic E-state index is 15.3. The lowest BCUT2D eigenvalue weighted by Crippen LogP contribution is -2.60. The highest BCUT2D eigenvalue weighted by Gasteiger charge is 2.77. The number of alkyl halides is 2. The first-order valence-electron chi connectivity index (χ1n) is 16.3. The molecule has 2 aliphatic heterocycles. The summed E-state index contributed by atoms with van der Waals surface area (Å²) < 4.78 is 73.6. The van der Waals surface area contributed by atoms with Gasteiger partial charge in [-0.1, -0.05) is 48.4 Å². The Bertz CT molecular complexity index is 2140. The SMILES string of the molecule is O=C(O)CCCCCN1C(=O)C2CC=C3C(CC4(Cl)C(=O)N(c5c(F)c(F)c(F)c(F)c5F)C(=O)C4(Cl)C3c3ccc(O)c4ccccc34)C2C1=O. The quantitative estimate of drug-likeness (QED) is 0.0513. The van der Waals surface area contributed by atoms with Crippen LogP contribution in [0.25, 0.3) is 10.8 Å². The number of aliphatic carboxylic acids is 1. The minimum absolute atomic E-state index is 0.0186. The van der Waals surface area contributed by atoms with Gasteiger partial charge in [-0.15, -0.1) is 23.2 Å². The molecule has 7 rings (SSSR count). The number of aromatic hydroxyl groups is 1. The van der Waals surface area contributed by atoms with Gasteiger partial charge in [0, 0.05) is 24.3 Å². The summed E-state index contributed by atoms with van der Waals surface area (Å²) >= 11 is 14.4. The lowest BCUT2D eigenvalue weighted by Gasteiger charge is -2.51. The van der Waals surface area contributed by atoms with Gasteiger partial charge in [0.2, 0.25) is 17.6 Å². The van der Waals surface area contributed by atoms with Crippen LogP contribution in [0.5, 0.6) is 5.75 Å². The van der Waals surface area contributed by atoms with Crippen LogP contribution in [-0.4, -0.2) is 61.0 Å². The summed E-state index contributed by atoms with van der Waals surface area (Å²) in [6.45, 7) is -0.0186. The zero-order valence-electron chi connectivity index (χ0n) is 26.8. The number of carbonyl (C=O) groups is 5. The normalized spacial score (nSPS) is 28.3. The number of imide groups is 2. The van der Waals surface area contributed by atoms with Crippen molar-refractivity contribution in [2.24, 2.45) is 17.8 Å². The molecule has 3 fully saturated rings. The second-order valence-electron chi connectivity index (χ2n) is 13.4. The molecule has 4 aliphatic rings. The summed E-state index contributed by atoms with van der Waals surface area (Å²) in [6, 6.07) is 8.99. The van der Waals surface area contributed by atoms with E-state index in [0.717, 1.165) is 4.90 Å². The molecule has 4 amide bonds. The van der Waals surface area contributed by atoms with Gasteiger partial charge >= 0.3 is 5.97 Å². The van der Waals surface area contributed by atoms with Gasteiger partial charge in [0.05, 0.1) is 11.8 Å². The fourth-order valence-corrected chi connectivity index (χ4v) is 9.41. The molecule has 2 saturated heterocycles. The van der Waals surface area contributed by atoms with Crippen molar-refractivity contribution in [1.29, 1.82) is 0 Å². The molecule has 0 spiro atoms. The predicted molar refractivity (Wildman–Crippen MR) is 175 cm³/mol. The van der Waals surface area contributed by atoms with E-state index < -0.39 is 104 Å². The third kappa shape index (κ3) is 4.82. The van der Waals surface area contributed by atoms with E-state index in [4.69, 9.17) is 28.3 Å². The fraction of sp³-hybridized carbons (Fsp3) is 0.361. The van der Waals surface area contributed by atoms with Gasteiger partial charge in [0.15, 0.2) is 33.0 Å². The molecule has 2 aliphatic carbocycles. The standard InChI is InChI=1S/C36H27Cl2F5N2O7/c37-35-14-20-18(9-10-19-23(20)32(50)44(31(19)49)13-5-1-2-8-22(47)48)24(17-11-12-21(46)16-7-4-3-6-15(16)17)36(35,38)34(52)45(33(35)51)30-28(42)26(40)25(39)27(41)29(30)43/h3-4,6-7,9,11-12,19-20,23-24,46H,1-2,5,8,10,13-14H2,(H,47,48). The van der Waals surface area contributed by atoms with Gasteiger partial charge in [-0.3, -0.25) is 28.9 Å². The third-order valence-corrected chi connectivity index (χ3v) is 12.2. The number of amides is 4. The Morgan fingerprint density at radius 1 is 0.808 bits per heavy atom. The van der Waals surface area contributed by atoms with E-state index in [1.807, 2.05) is 0 Å². The number of anilines is 1. The Hall–Kier alpha value is -4.56. The predicted octanol–water partition coefficient (Wildman–Crippen LogP) is 6.45. The molecule has 9 nitrogen and oxygen atoms in total. The number of hydrogen-bond donors (Lipinski definition) is 2. The van der Waals surface area contributed by atoms with E-state index in [-0.39, 0.29) is 46.6 Å². The zero-order chi connectivity index (χ0) is 37.6. The van der Waals surface area contributed by atoms with Crippen LogP contribution in [0.4, 0.5) is 27.6 Å². The van der Waals surface area contributed by atoms with Crippen molar-refractivity contribution < 1.29 is 56.1 Å². The molecule has 2 N–H and O–H groups in total. The summed E-state index contributed by atoms with van der Waals surface area (Å²) in [6.07, 6.45) is 1.88. The number of rotatable bonds is 8. The number of carbonyl (C=O) groups excluding carboxylic acids is 4. The van der Waals surface area contributed by atoms with Crippen LogP contribution in [0.1, 0.15) is 50.0 Å². The summed E-state index contributed by atoms with van der Waals surface area (Å²) in [5.41, 5.74) is -1.39. The number of phenolic OH excluding ortho intramolecular Hbond substituents is 1. The summed E-state index contributed by atoms with van der Waals surface area (Å²) in [5, 5.41) is 20.2. The zero-order valence-corrected chi connectivity index (χ0v) is 28.3. The van der Waals surface area contributed by atoms with Crippen molar-refractivity contribution in [3.05, 3.63) is 82.7 Å². The van der Waals surface area contributed by atoms with Crippen LogP contribution in [0, 0.1) is 46.8 Å². The fourth-order valence-electron chi connectivity index (χ4n) is 8.48. The number of allylic oxidation sites excluding steroid dienone is 2. The van der Waals surface area contributed by atoms with E-state index in [1.165, 1.54) is 12.1 Å². The highest BCUT2D eigenvalue weighted by molar-refractivity contribution is 6.58. The Labute approximate surface area is 301 Å². The van der Waals surface area contributed by atoms with E-state index in [1.54, 1.807) is 30.3 Å². The van der Waals surface area contributed by atoms with Crippen LogP contribution in [0.3, 0.4) is 0 Å². The van der Waals surface area contributed by atoms with Crippen molar-refractivity contribution >= 4 is 69.3 Å². The smallest absolute Gasteiger partial charge is 0.303 e. The van der Waals surface area contributed by atoms with Crippen LogP contribution < -0.4 is 4.90 Å². The van der Waals surface area contributed by atoms with E-state index >= 15 is 8.78 Å². The number of phenols is 1. The minimum Gasteiger partial charge on any atom is -0.507 e. The lowest BCUT2D eigenvalue weighted by molar-refractivity contribution is -0.141. The first kappa shape index (κ1) is 35.8. The molecule has 3 aromatic carbocycles. The first-order valence-corrected chi connectivity index (χ1v) is 17.1. The van der Waals surface area contributed by atoms with Crippen LogP contribution in [-0.2, 0) is 24.0 Å². The average Bonchev–Trinajstić information content (AvgIpc) is 3.44. The number of carboxylic acid groups (broad SMARTS) is 1. The molecular weight excluding hydrogens is 738 g/mol. The van der Waals surface area contributed by atoms with Gasteiger partial charge in [0.25, 0.3) is 11.8 Å². The number of carboxylic acids is 1. The van der Waals surface area contributed by atoms with E-state index in [0.29, 0.717) is 24.6 Å². The Kier molecular flexibility index (Phi) is 8.64. The number of benzene rings is 3. The van der Waals surface area contributed by atoms with Gasteiger partial charge in [-0.2, -0.15) is 0 Å². The monoisotopic (exact) mass is 764 g/mol. The average molecular weight is 766 g/mol. The molecule has 2 heterocycles. The first-order chi connectivity index (χ1) is 24.6. The molecule has 52 heavy (non-hydrogen) atoms. The van der Waals surface area contributed by atoms with Crippen LogP contribution in [0.15, 0.2) is 48.0 Å². The molecule has 6 unspecified atom stereocenters. The highest BCUT2D eigenvalue weighted by Crippen LogP contribution is 2.66. The molecule has 272 valence electrons. The van der Waals surface area contributed by atoms with Crippen LogP contribution in [0.2, 0.25) is 0 Å². The topological polar surface area (TPSA) is 132 Å². The number of hydrogen-bond acceptors (Lipinski definition) is 6. The lowest BCUT2D eigenvalue weighted by atomic mass is 9.56. The minimum atomic E-state index is -2.70. The largest absolute Gasteiger partial charge is 0.507 e. The van der Waals surface area contributed by atoms with Gasteiger partial charge in [0.1, 0.15) is 11.4 Å². The van der Waals surface area contributed by atoms with Gasteiger partial charge in [-0.05, 0) is 48.6 Å². The number of likely N-dealkylation sites (tertiary alicyclic amines) is 1. The summed E-state index contributed by atoms with van der Waals surface area (Å²) in [7, 11) is 0. The molecular formula is C36H27Cl2F5N2O7. The maximum Gasteiger partial charge on any atom is 0.303 e. The molecule has 1 saturated carbocycles. The Balaban J connectivity index is 1.39. The van der Waals surface area contributed by atoms with Crippen LogP contribution >= 0.6 is 23.2 Å². The maximum absolute atomic E-state index is 15.3. The Morgan fingerprint density at radius 2 is 1.44 bits per heavy atom. The number of fused-ring (bicyclic) bond motifs is 5. The van der Waals surface area contributed by atoms with E-state index in [9.17, 15) is 42.3 Å². The number of nitrogens with zero attached hydrogens (tertiary/aromatic N) is 2. The van der Waals surface area contributed by atoms with Crippen molar-refractivity contribution in [1.82, 2.24) is 4.90 Å². The molecule has 0 bridgehead atoms. The van der Waals surface area contributed by atoms with Gasteiger partial charge in [-0.25, -0.2) is 26.9 Å². The molecule has 16 heteroatoms. The molecule has 6 atom stereocenters. The van der Waals surface area contributed by atoms with Crippen molar-refractivity contribution in [2.75, 3.05) is 11.4 Å². The highest BCUT2D eigenvalue weighted by atomic mass is 35.5. The van der Waals surface area contributed by atoms with Gasteiger partial charge < -0.3 is 10.2 Å². The third-order valence-electron chi connectivity index (χ3n) is 10.8. The number of halogens is 7. The van der Waals surface area contributed by atoms with Crippen molar-refractivity contribution in [3.8, 4) is 5.75 Å². The second-order valence-corrected chi connectivity index (χ2v) is 14.7. The molecule has 3 aromatic rings. The molecule has 0 aromatic heterocycles. The summed E-state index contributed by atoms with van der Waals surface area (Å²) in [5.74, 6) is -22.5. The second kappa shape index (κ2) is 12.5. The van der Waals surface area contributed by atoms with Crippen molar-refractivity contribution in [2.45, 2.75) is 54.2 Å². The Morgan fingerprint density at radius 3 is 2.10 bits per heavy atom. The van der Waals surface area contributed by atoms with E-state index in [2.05, 4.69) is 0 Å².